The van der Waals surface area contributed by atoms with Crippen LogP contribution in [-0.2, 0) is 4.79 Å². The average molecular weight is 295 g/mol. The van der Waals surface area contributed by atoms with E-state index in [1.54, 1.807) is 0 Å². The third-order valence-corrected chi connectivity index (χ3v) is 3.14. The van der Waals surface area contributed by atoms with Crippen molar-refractivity contribution in [3.63, 3.8) is 0 Å². The number of nitrogens with one attached hydrogen (secondary N) is 1. The maximum absolute atomic E-state index is 11.8. The average Bonchev–Trinajstić information content (AvgIpc) is 2.44. The molecule has 0 spiro atoms. The van der Waals surface area contributed by atoms with Crippen LogP contribution in [0.3, 0.4) is 0 Å². The van der Waals surface area contributed by atoms with Gasteiger partial charge in [-0.3, -0.25) is 4.79 Å². The molecule has 0 radical (unpaired) electrons. The third-order valence-electron chi connectivity index (χ3n) is 3.14. The third kappa shape index (κ3) is 4.98. The molecule has 0 aromatic heterocycles. The van der Waals surface area contributed by atoms with Crippen LogP contribution in [-0.4, -0.2) is 36.2 Å². The van der Waals surface area contributed by atoms with Gasteiger partial charge in [-0.25, -0.2) is 4.79 Å². The Morgan fingerprint density at radius 3 is 2.52 bits per heavy atom. The number of rotatable bonds is 7. The van der Waals surface area contributed by atoms with E-state index in [1.165, 1.54) is 25.3 Å². The number of hydrogen-bond donors (Lipinski definition) is 2. The fourth-order valence-electron chi connectivity index (χ4n) is 1.57. The van der Waals surface area contributed by atoms with Crippen molar-refractivity contribution in [3.05, 3.63) is 23.8 Å². The Balaban J connectivity index is 2.78. The predicted octanol–water partition coefficient (Wildman–Crippen LogP) is 2.08. The lowest BCUT2D eigenvalue weighted by Gasteiger charge is -2.24. The summed E-state index contributed by atoms with van der Waals surface area (Å²) in [5.41, 5.74) is -0.344. The lowest BCUT2D eigenvalue weighted by Crippen LogP contribution is -2.44. The Bertz CT molecular complexity index is 525. The van der Waals surface area contributed by atoms with E-state index >= 15 is 0 Å². The van der Waals surface area contributed by atoms with Gasteiger partial charge in [-0.15, -0.1) is 0 Å². The molecular weight excluding hydrogens is 274 g/mol. The molecule has 2 N–H and O–H groups in total. The first kappa shape index (κ1) is 16.8. The molecule has 0 saturated heterocycles. The maximum atomic E-state index is 11.8. The van der Waals surface area contributed by atoms with E-state index in [4.69, 9.17) is 14.6 Å². The quantitative estimate of drug-likeness (QED) is 0.804. The van der Waals surface area contributed by atoms with Crippen molar-refractivity contribution in [2.45, 2.75) is 32.7 Å². The van der Waals surface area contributed by atoms with Gasteiger partial charge in [0.2, 0.25) is 0 Å². The minimum atomic E-state index is -1.12. The number of benzene rings is 1. The summed E-state index contributed by atoms with van der Waals surface area (Å²) in [6.07, 6.45) is 0.776. The molecule has 0 fully saturated rings. The Hall–Kier alpha value is -2.24. The number of carboxylic acid groups (broad SMARTS) is 1. The van der Waals surface area contributed by atoms with Gasteiger partial charge < -0.3 is 19.9 Å². The summed E-state index contributed by atoms with van der Waals surface area (Å²) in [6, 6.07) is 4.35. The molecule has 116 valence electrons. The Morgan fingerprint density at radius 1 is 1.33 bits per heavy atom. The number of carbonyl (C=O) groups is 2. The number of aromatic carboxylic acids is 1. The van der Waals surface area contributed by atoms with Gasteiger partial charge in [0.1, 0.15) is 17.1 Å². The van der Waals surface area contributed by atoms with E-state index < -0.39 is 5.97 Å². The molecule has 0 saturated carbocycles. The number of methoxy groups -OCH3 is 1. The molecule has 0 heterocycles. The standard InChI is InChI=1S/C15H21NO5/c1-5-15(2,3)16-13(17)9-21-12-8-10(20-4)6-7-11(12)14(18)19/h6-8H,5,9H2,1-4H3,(H,16,17)(H,18,19). The van der Waals surface area contributed by atoms with Crippen LogP contribution in [0.4, 0.5) is 0 Å². The molecule has 0 aliphatic rings. The summed E-state index contributed by atoms with van der Waals surface area (Å²) in [6.45, 7) is 5.51. The van der Waals surface area contributed by atoms with Gasteiger partial charge in [-0.2, -0.15) is 0 Å². The van der Waals surface area contributed by atoms with E-state index in [2.05, 4.69) is 5.32 Å². The number of amides is 1. The van der Waals surface area contributed by atoms with Crippen LogP contribution in [0.15, 0.2) is 18.2 Å². The van der Waals surface area contributed by atoms with Crippen molar-refractivity contribution >= 4 is 11.9 Å². The highest BCUT2D eigenvalue weighted by Gasteiger charge is 2.19. The summed E-state index contributed by atoms with van der Waals surface area (Å²) < 4.78 is 10.3. The molecule has 6 heteroatoms. The normalized spacial score (nSPS) is 10.9. The van der Waals surface area contributed by atoms with Crippen LogP contribution in [0.1, 0.15) is 37.6 Å². The zero-order chi connectivity index (χ0) is 16.0. The predicted molar refractivity (Wildman–Crippen MR) is 78.0 cm³/mol. The van der Waals surface area contributed by atoms with Gasteiger partial charge in [0, 0.05) is 11.6 Å². The molecule has 0 atom stereocenters. The molecule has 6 nitrogen and oxygen atoms in total. The van der Waals surface area contributed by atoms with Gasteiger partial charge in [0.05, 0.1) is 7.11 Å². The monoisotopic (exact) mass is 295 g/mol. The summed E-state index contributed by atoms with van der Waals surface area (Å²) in [5, 5.41) is 11.9. The van der Waals surface area contributed by atoms with Crippen LogP contribution < -0.4 is 14.8 Å². The first-order valence-electron chi connectivity index (χ1n) is 6.64. The summed E-state index contributed by atoms with van der Waals surface area (Å²) in [5.74, 6) is -0.862. The first-order chi connectivity index (χ1) is 9.79. The Labute approximate surface area is 124 Å². The highest BCUT2D eigenvalue weighted by Crippen LogP contribution is 2.24. The molecule has 0 unspecified atom stereocenters. The summed E-state index contributed by atoms with van der Waals surface area (Å²) in [7, 11) is 1.47. The highest BCUT2D eigenvalue weighted by atomic mass is 16.5. The second-order valence-corrected chi connectivity index (χ2v) is 5.24. The zero-order valence-electron chi connectivity index (χ0n) is 12.7. The molecule has 21 heavy (non-hydrogen) atoms. The van der Waals surface area contributed by atoms with Crippen LogP contribution in [0, 0.1) is 0 Å². The number of carboxylic acids is 1. The van der Waals surface area contributed by atoms with Gasteiger partial charge in [0.15, 0.2) is 6.61 Å². The number of hydrogen-bond acceptors (Lipinski definition) is 4. The van der Waals surface area contributed by atoms with E-state index in [1.807, 2.05) is 20.8 Å². The van der Waals surface area contributed by atoms with E-state index in [-0.39, 0.29) is 29.4 Å². The summed E-state index contributed by atoms with van der Waals surface area (Å²) >= 11 is 0. The molecule has 0 aliphatic carbocycles. The molecule has 0 bridgehead atoms. The van der Waals surface area contributed by atoms with E-state index in [0.29, 0.717) is 5.75 Å². The van der Waals surface area contributed by atoms with Crippen molar-refractivity contribution in [3.8, 4) is 11.5 Å². The second-order valence-electron chi connectivity index (χ2n) is 5.24. The molecule has 1 amide bonds. The van der Waals surface area contributed by atoms with Gasteiger partial charge >= 0.3 is 5.97 Å². The molecule has 0 aliphatic heterocycles. The van der Waals surface area contributed by atoms with Crippen molar-refractivity contribution in [2.24, 2.45) is 0 Å². The minimum Gasteiger partial charge on any atom is -0.497 e. The van der Waals surface area contributed by atoms with Crippen molar-refractivity contribution in [1.29, 1.82) is 0 Å². The van der Waals surface area contributed by atoms with E-state index in [0.717, 1.165) is 6.42 Å². The summed E-state index contributed by atoms with van der Waals surface area (Å²) in [4.78, 5) is 22.9. The van der Waals surface area contributed by atoms with Crippen molar-refractivity contribution < 1.29 is 24.2 Å². The molecule has 1 aromatic rings. The van der Waals surface area contributed by atoms with Crippen molar-refractivity contribution in [2.75, 3.05) is 13.7 Å². The first-order valence-corrected chi connectivity index (χ1v) is 6.64. The lowest BCUT2D eigenvalue weighted by atomic mass is 10.0. The Morgan fingerprint density at radius 2 is 2.00 bits per heavy atom. The van der Waals surface area contributed by atoms with Crippen LogP contribution in [0.25, 0.3) is 0 Å². The molecule has 1 rings (SSSR count). The number of carbonyl (C=O) groups excluding carboxylic acids is 1. The van der Waals surface area contributed by atoms with Crippen LogP contribution >= 0.6 is 0 Å². The Kier molecular flexibility index (Phi) is 5.58. The lowest BCUT2D eigenvalue weighted by molar-refractivity contribution is -0.124. The maximum Gasteiger partial charge on any atom is 0.339 e. The number of ether oxygens (including phenoxy) is 2. The zero-order valence-corrected chi connectivity index (χ0v) is 12.7. The largest absolute Gasteiger partial charge is 0.497 e. The van der Waals surface area contributed by atoms with Gasteiger partial charge in [0.25, 0.3) is 5.91 Å². The van der Waals surface area contributed by atoms with Gasteiger partial charge in [-0.1, -0.05) is 6.92 Å². The van der Waals surface area contributed by atoms with Crippen LogP contribution in [0.2, 0.25) is 0 Å². The SMILES string of the molecule is CCC(C)(C)NC(=O)COc1cc(OC)ccc1C(=O)O. The van der Waals surface area contributed by atoms with Gasteiger partial charge in [-0.05, 0) is 32.4 Å². The smallest absolute Gasteiger partial charge is 0.339 e. The van der Waals surface area contributed by atoms with Crippen molar-refractivity contribution in [1.82, 2.24) is 5.32 Å². The topological polar surface area (TPSA) is 84.9 Å². The second kappa shape index (κ2) is 6.97. The van der Waals surface area contributed by atoms with Crippen LogP contribution in [0.5, 0.6) is 11.5 Å². The fraction of sp³-hybridized carbons (Fsp3) is 0.467. The minimum absolute atomic E-state index is 0.0154. The van der Waals surface area contributed by atoms with E-state index in [9.17, 15) is 9.59 Å². The fourth-order valence-corrected chi connectivity index (χ4v) is 1.57. The highest BCUT2D eigenvalue weighted by molar-refractivity contribution is 5.91. The molecule has 1 aromatic carbocycles. The molecular formula is C15H21NO5.